The zero-order valence-corrected chi connectivity index (χ0v) is 20.0. The van der Waals surface area contributed by atoms with Crippen molar-refractivity contribution in [3.05, 3.63) is 84.7 Å². The smallest absolute Gasteiger partial charge is 0.305 e. The fourth-order valence-electron chi connectivity index (χ4n) is 3.83. The summed E-state index contributed by atoms with van der Waals surface area (Å²) < 4.78 is 43.9. The normalized spacial score (nSPS) is 12.4. The molecule has 0 aliphatic heterocycles. The van der Waals surface area contributed by atoms with Crippen LogP contribution in [-0.4, -0.2) is 37.6 Å². The molecular weight excluding hydrogens is 455 g/mol. The number of sulfonamides is 1. The first-order valence-corrected chi connectivity index (χ1v) is 12.7. The summed E-state index contributed by atoms with van der Waals surface area (Å²) >= 11 is 0. The van der Waals surface area contributed by atoms with Crippen LogP contribution < -0.4 is 0 Å². The third-order valence-corrected chi connectivity index (χ3v) is 7.29. The highest BCUT2D eigenvalue weighted by atomic mass is 32.2. The van der Waals surface area contributed by atoms with Crippen molar-refractivity contribution in [1.29, 1.82) is 0 Å². The minimum atomic E-state index is -4.15. The lowest BCUT2D eigenvalue weighted by atomic mass is 9.88. The first-order chi connectivity index (χ1) is 16.4. The number of benzene rings is 2. The lowest BCUT2D eigenvalue weighted by Crippen LogP contribution is -2.24. The number of hydrogen-bond donors (Lipinski definition) is 0. The number of methoxy groups -OCH3 is 1. The van der Waals surface area contributed by atoms with Crippen LogP contribution in [-0.2, 0) is 19.6 Å². The van der Waals surface area contributed by atoms with Gasteiger partial charge in [-0.25, -0.2) is 8.42 Å². The summed E-state index contributed by atoms with van der Waals surface area (Å²) in [7, 11) is -2.79. The van der Waals surface area contributed by atoms with Crippen molar-refractivity contribution in [2.24, 2.45) is 0 Å². The van der Waals surface area contributed by atoms with Crippen molar-refractivity contribution < 1.29 is 22.4 Å². The third kappa shape index (κ3) is 6.95. The van der Waals surface area contributed by atoms with Crippen LogP contribution in [0.4, 0.5) is 4.48 Å². The Morgan fingerprint density at radius 1 is 1.00 bits per heavy atom. The van der Waals surface area contributed by atoms with Crippen molar-refractivity contribution in [3.8, 4) is 11.1 Å². The minimum Gasteiger partial charge on any atom is -0.469 e. The lowest BCUT2D eigenvalue weighted by Gasteiger charge is -2.19. The topological polar surface area (TPSA) is 76.6 Å². The van der Waals surface area contributed by atoms with Crippen LogP contribution in [0, 0.1) is 0 Å². The molecule has 1 atom stereocenters. The molecule has 0 bridgehead atoms. The molecule has 0 saturated heterocycles. The van der Waals surface area contributed by atoms with Crippen molar-refractivity contribution in [3.63, 3.8) is 0 Å². The molecule has 0 amide bonds. The van der Waals surface area contributed by atoms with E-state index in [-0.39, 0.29) is 34.3 Å². The summed E-state index contributed by atoms with van der Waals surface area (Å²) in [4.78, 5) is 15.9. The lowest BCUT2D eigenvalue weighted by molar-refractivity contribution is -0.140. The minimum absolute atomic E-state index is 0.0505. The van der Waals surface area contributed by atoms with Crippen molar-refractivity contribution in [2.75, 3.05) is 13.7 Å². The summed E-state index contributed by atoms with van der Waals surface area (Å²) in [6.45, 7) is -0.226. The van der Waals surface area contributed by atoms with E-state index in [4.69, 9.17) is 4.74 Å². The Bertz CT molecular complexity index is 1160. The van der Waals surface area contributed by atoms with Gasteiger partial charge in [0.1, 0.15) is 0 Å². The average molecular weight is 485 g/mol. The molecule has 3 rings (SSSR count). The van der Waals surface area contributed by atoms with Gasteiger partial charge in [0.25, 0.3) is 10.0 Å². The molecule has 180 valence electrons. The van der Waals surface area contributed by atoms with Crippen LogP contribution in [0.1, 0.15) is 43.6 Å². The Morgan fingerprint density at radius 3 is 2.47 bits per heavy atom. The number of nitrogens with zero attached hydrogens (tertiary/aromatic N) is 2. The number of aromatic nitrogens is 1. The molecule has 34 heavy (non-hydrogen) atoms. The van der Waals surface area contributed by atoms with Gasteiger partial charge in [0.05, 0.1) is 12.0 Å². The molecule has 8 heteroatoms. The van der Waals surface area contributed by atoms with Gasteiger partial charge in [0, 0.05) is 25.4 Å². The number of esters is 1. The molecule has 0 radical (unpaired) electrons. The van der Waals surface area contributed by atoms with Gasteiger partial charge >= 0.3 is 5.97 Å². The first-order valence-electron chi connectivity index (χ1n) is 11.2. The molecule has 0 aliphatic rings. The number of carbonyl (C=O) groups is 1. The molecule has 0 saturated carbocycles. The SMILES string of the molecule is COC(=O)CCC(CCCCN(F)S(=O)(=O)c1ccccc1)c1cccc(-c2cccnc2)c1. The molecule has 0 spiro atoms. The molecule has 6 nitrogen and oxygen atoms in total. The highest BCUT2D eigenvalue weighted by molar-refractivity contribution is 7.89. The molecule has 2 aromatic carbocycles. The second kappa shape index (κ2) is 12.4. The van der Waals surface area contributed by atoms with Gasteiger partial charge in [-0.3, -0.25) is 9.78 Å². The van der Waals surface area contributed by atoms with Gasteiger partial charge in [-0.15, -0.1) is 4.48 Å². The summed E-state index contributed by atoms with van der Waals surface area (Å²) in [6, 6.07) is 19.5. The summed E-state index contributed by atoms with van der Waals surface area (Å²) in [6.07, 6.45) is 6.03. The molecule has 1 unspecified atom stereocenters. The number of pyridine rings is 1. The standard InChI is InChI=1S/C26H29FN2O4S/c1-33-26(30)16-15-21(22-10-7-11-23(19-22)24-12-8-17-28-20-24)9-5-6-18-29(27)34(31,32)25-13-3-2-4-14-25/h2-4,7-8,10-14,17,19-21H,5-6,9,15-16,18H2,1H3. The van der Waals surface area contributed by atoms with Crippen LogP contribution >= 0.6 is 0 Å². The maximum Gasteiger partial charge on any atom is 0.305 e. The second-order valence-electron chi connectivity index (χ2n) is 8.00. The fourth-order valence-corrected chi connectivity index (χ4v) is 4.93. The molecule has 0 aliphatic carbocycles. The van der Waals surface area contributed by atoms with Gasteiger partial charge in [0.15, 0.2) is 0 Å². The number of ether oxygens (including phenoxy) is 1. The van der Waals surface area contributed by atoms with Gasteiger partial charge in [-0.1, -0.05) is 55.0 Å². The van der Waals surface area contributed by atoms with Crippen LogP contribution in [0.15, 0.2) is 84.0 Å². The summed E-state index contributed by atoms with van der Waals surface area (Å²) in [5, 5.41) is 0. The highest BCUT2D eigenvalue weighted by Crippen LogP contribution is 2.31. The predicted molar refractivity (Wildman–Crippen MR) is 129 cm³/mol. The Balaban J connectivity index is 1.65. The molecule has 0 fully saturated rings. The van der Waals surface area contributed by atoms with Crippen LogP contribution in [0.2, 0.25) is 0 Å². The number of unbranched alkanes of at least 4 members (excludes halogenated alkanes) is 1. The predicted octanol–water partition coefficient (Wildman–Crippen LogP) is 5.53. The van der Waals surface area contributed by atoms with E-state index in [1.165, 1.54) is 19.2 Å². The van der Waals surface area contributed by atoms with Crippen molar-refractivity contribution in [1.82, 2.24) is 9.51 Å². The van der Waals surface area contributed by atoms with Crippen molar-refractivity contribution in [2.45, 2.75) is 42.9 Å². The molecule has 0 N–H and O–H groups in total. The van der Waals surface area contributed by atoms with E-state index in [0.717, 1.165) is 16.7 Å². The van der Waals surface area contributed by atoms with E-state index in [1.54, 1.807) is 30.6 Å². The van der Waals surface area contributed by atoms with E-state index in [0.29, 0.717) is 25.7 Å². The first kappa shape index (κ1) is 25.5. The molecule has 1 aromatic heterocycles. The zero-order chi connectivity index (χ0) is 24.4. The Kier molecular flexibility index (Phi) is 9.30. The number of hydrogen-bond acceptors (Lipinski definition) is 5. The Morgan fingerprint density at radius 2 is 1.76 bits per heavy atom. The van der Waals surface area contributed by atoms with Crippen molar-refractivity contribution >= 4 is 16.0 Å². The Labute approximate surface area is 200 Å². The summed E-state index contributed by atoms with van der Waals surface area (Å²) in [5.41, 5.74) is 3.09. The highest BCUT2D eigenvalue weighted by Gasteiger charge is 2.24. The number of rotatable bonds is 12. The maximum atomic E-state index is 14.4. The largest absolute Gasteiger partial charge is 0.469 e. The van der Waals surface area contributed by atoms with Gasteiger partial charge in [0.2, 0.25) is 0 Å². The quantitative estimate of drug-likeness (QED) is 0.192. The van der Waals surface area contributed by atoms with E-state index in [2.05, 4.69) is 11.1 Å². The van der Waals surface area contributed by atoms with Gasteiger partial charge in [-0.2, -0.15) is 0 Å². The zero-order valence-electron chi connectivity index (χ0n) is 19.1. The third-order valence-electron chi connectivity index (χ3n) is 5.72. The maximum absolute atomic E-state index is 14.4. The molecular formula is C26H29FN2O4S. The van der Waals surface area contributed by atoms with Gasteiger partial charge < -0.3 is 4.74 Å². The van der Waals surface area contributed by atoms with Crippen LogP contribution in [0.5, 0.6) is 0 Å². The Hall–Kier alpha value is -3.10. The monoisotopic (exact) mass is 484 g/mol. The second-order valence-corrected chi connectivity index (χ2v) is 9.82. The van der Waals surface area contributed by atoms with Crippen LogP contribution in [0.25, 0.3) is 11.1 Å². The molecule has 1 heterocycles. The fraction of sp³-hybridized carbons (Fsp3) is 0.308. The molecule has 3 aromatic rings. The van der Waals surface area contributed by atoms with E-state index in [1.807, 2.05) is 30.3 Å². The van der Waals surface area contributed by atoms with E-state index < -0.39 is 10.0 Å². The van der Waals surface area contributed by atoms with E-state index >= 15 is 0 Å². The van der Waals surface area contributed by atoms with Crippen LogP contribution in [0.3, 0.4) is 0 Å². The number of halogens is 1. The summed E-state index contributed by atoms with van der Waals surface area (Å²) in [5.74, 6) is -0.230. The van der Waals surface area contributed by atoms with Gasteiger partial charge in [-0.05, 0) is 64.6 Å². The van der Waals surface area contributed by atoms with E-state index in [9.17, 15) is 17.7 Å². The average Bonchev–Trinajstić information content (AvgIpc) is 2.88. The number of carbonyl (C=O) groups excluding carboxylic acids is 1.